The molecule has 2 aromatic rings. The van der Waals surface area contributed by atoms with Crippen molar-refractivity contribution < 1.29 is 38.0 Å². The van der Waals surface area contributed by atoms with Crippen molar-refractivity contribution in [2.45, 2.75) is 44.9 Å². The van der Waals surface area contributed by atoms with Gasteiger partial charge in [-0.15, -0.1) is 0 Å². The van der Waals surface area contributed by atoms with Gasteiger partial charge in [0, 0.05) is 24.0 Å². The van der Waals surface area contributed by atoms with Gasteiger partial charge in [0.15, 0.2) is 23.0 Å². The van der Waals surface area contributed by atoms with Gasteiger partial charge in [-0.1, -0.05) is 19.3 Å². The van der Waals surface area contributed by atoms with Crippen LogP contribution in [-0.4, -0.2) is 66.9 Å². The average molecular weight is 573 g/mol. The van der Waals surface area contributed by atoms with E-state index in [2.05, 4.69) is 21.1 Å². The Morgan fingerprint density at radius 3 is 1.17 bits per heavy atom. The molecule has 0 aliphatic carbocycles. The van der Waals surface area contributed by atoms with Crippen molar-refractivity contribution in [1.29, 1.82) is 0 Å². The van der Waals surface area contributed by atoms with Crippen LogP contribution in [0.1, 0.15) is 56.1 Å². The van der Waals surface area contributed by atoms with Gasteiger partial charge in [-0.3, -0.25) is 9.59 Å². The predicted molar refractivity (Wildman–Crippen MR) is 156 cm³/mol. The van der Waals surface area contributed by atoms with E-state index in [0.29, 0.717) is 58.5 Å². The van der Waals surface area contributed by atoms with E-state index in [1.165, 1.54) is 55.1 Å². The van der Waals surface area contributed by atoms with Crippen LogP contribution in [0.25, 0.3) is 0 Å². The number of amides is 2. The van der Waals surface area contributed by atoms with Gasteiger partial charge in [0.2, 0.25) is 23.3 Å². The minimum absolute atomic E-state index is 0.168. The molecule has 0 aliphatic rings. The molecule has 0 radical (unpaired) electrons. The Morgan fingerprint density at radius 2 is 0.878 bits per heavy atom. The van der Waals surface area contributed by atoms with Crippen molar-refractivity contribution >= 4 is 24.2 Å². The Morgan fingerprint density at radius 1 is 0.561 bits per heavy atom. The fourth-order valence-corrected chi connectivity index (χ4v) is 3.92. The van der Waals surface area contributed by atoms with Crippen LogP contribution in [0.2, 0.25) is 0 Å². The molecular formula is C29H40N4O8. The number of nitrogens with one attached hydrogen (secondary N) is 2. The summed E-state index contributed by atoms with van der Waals surface area (Å²) < 4.78 is 31.9. The number of carbonyl (C=O) groups is 2. The second-order valence-electron chi connectivity index (χ2n) is 8.77. The zero-order valence-electron chi connectivity index (χ0n) is 24.6. The van der Waals surface area contributed by atoms with E-state index in [1.807, 2.05) is 0 Å². The highest BCUT2D eigenvalue weighted by Crippen LogP contribution is 2.38. The van der Waals surface area contributed by atoms with Gasteiger partial charge in [-0.05, 0) is 37.1 Å². The molecule has 2 aromatic carbocycles. The van der Waals surface area contributed by atoms with Crippen molar-refractivity contribution in [3.8, 4) is 34.5 Å². The number of carbonyl (C=O) groups excluding carboxylic acids is 2. The molecular weight excluding hydrogens is 532 g/mol. The molecule has 2 amide bonds. The Labute approximate surface area is 241 Å². The standard InChI is InChI=1S/C29H40N4O8/c1-36-22-14-20(15-23(37-2)28(22)40-5)18-30-32-26(34)12-10-8-7-9-11-13-27(35)33-31-19-21-16-24(38-3)29(41-6)25(17-21)39-4/h14-19H,7-13H2,1-6H3,(H,32,34)(H,33,35)/b30-18-,31-19+. The fourth-order valence-electron chi connectivity index (χ4n) is 3.92. The molecule has 12 heteroatoms. The summed E-state index contributed by atoms with van der Waals surface area (Å²) in [6.45, 7) is 0. The second-order valence-corrected chi connectivity index (χ2v) is 8.77. The molecule has 0 bridgehead atoms. The Bertz CT molecular complexity index is 1060. The average Bonchev–Trinajstić information content (AvgIpc) is 2.99. The number of hydrazone groups is 2. The third-order valence-electron chi connectivity index (χ3n) is 5.99. The van der Waals surface area contributed by atoms with Crippen molar-refractivity contribution in [3.63, 3.8) is 0 Å². The maximum absolute atomic E-state index is 12.1. The van der Waals surface area contributed by atoms with Crippen LogP contribution in [0.5, 0.6) is 34.5 Å². The van der Waals surface area contributed by atoms with Crippen molar-refractivity contribution in [3.05, 3.63) is 35.4 Å². The maximum atomic E-state index is 12.1. The number of unbranched alkanes of at least 4 members (excludes halogenated alkanes) is 4. The lowest BCUT2D eigenvalue weighted by atomic mass is 10.1. The summed E-state index contributed by atoms with van der Waals surface area (Å²) in [5, 5.41) is 8.03. The first-order chi connectivity index (χ1) is 19.9. The van der Waals surface area contributed by atoms with Crippen LogP contribution in [-0.2, 0) is 9.59 Å². The van der Waals surface area contributed by atoms with Crippen LogP contribution in [0.3, 0.4) is 0 Å². The van der Waals surface area contributed by atoms with Gasteiger partial charge in [-0.25, -0.2) is 10.9 Å². The normalized spacial score (nSPS) is 10.9. The molecule has 0 atom stereocenters. The Kier molecular flexibility index (Phi) is 14.4. The molecule has 41 heavy (non-hydrogen) atoms. The first-order valence-corrected chi connectivity index (χ1v) is 13.1. The quantitative estimate of drug-likeness (QED) is 0.155. The van der Waals surface area contributed by atoms with Crippen molar-refractivity contribution in [2.24, 2.45) is 10.2 Å². The first kappa shape index (κ1) is 32.7. The van der Waals surface area contributed by atoms with Crippen molar-refractivity contribution in [1.82, 2.24) is 10.9 Å². The molecule has 0 aromatic heterocycles. The molecule has 0 saturated carbocycles. The summed E-state index contributed by atoms with van der Waals surface area (Å²) in [7, 11) is 9.19. The van der Waals surface area contributed by atoms with E-state index < -0.39 is 0 Å². The largest absolute Gasteiger partial charge is 0.493 e. The minimum atomic E-state index is -0.168. The number of hydrogen-bond donors (Lipinski definition) is 2. The lowest BCUT2D eigenvalue weighted by molar-refractivity contribution is -0.121. The Hall–Kier alpha value is -4.48. The summed E-state index contributed by atoms with van der Waals surface area (Å²) in [5.41, 5.74) is 6.45. The minimum Gasteiger partial charge on any atom is -0.493 e. The zero-order chi connectivity index (χ0) is 30.0. The number of rotatable bonds is 18. The van der Waals surface area contributed by atoms with E-state index >= 15 is 0 Å². The molecule has 0 fully saturated rings. The number of benzene rings is 2. The van der Waals surface area contributed by atoms with Crippen LogP contribution < -0.4 is 39.3 Å². The van der Waals surface area contributed by atoms with E-state index in [9.17, 15) is 9.59 Å². The summed E-state index contributed by atoms with van der Waals surface area (Å²) in [4.78, 5) is 24.2. The smallest absolute Gasteiger partial charge is 0.240 e. The first-order valence-electron chi connectivity index (χ1n) is 13.1. The van der Waals surface area contributed by atoms with Crippen LogP contribution in [0.4, 0.5) is 0 Å². The number of ether oxygens (including phenoxy) is 6. The highest BCUT2D eigenvalue weighted by Gasteiger charge is 2.13. The van der Waals surface area contributed by atoms with Gasteiger partial charge in [0.1, 0.15) is 0 Å². The van der Waals surface area contributed by atoms with Gasteiger partial charge in [0.05, 0.1) is 55.1 Å². The molecule has 0 aliphatic heterocycles. The monoisotopic (exact) mass is 572 g/mol. The van der Waals surface area contributed by atoms with E-state index in [4.69, 9.17) is 28.4 Å². The molecule has 12 nitrogen and oxygen atoms in total. The van der Waals surface area contributed by atoms with E-state index in [-0.39, 0.29) is 11.8 Å². The maximum Gasteiger partial charge on any atom is 0.240 e. The molecule has 224 valence electrons. The topological polar surface area (TPSA) is 138 Å². The SMILES string of the molecule is COc1cc(/C=N\NC(=O)CCCCCCCC(=O)N/N=C/c2cc(OC)c(OC)c(OC)c2)cc(OC)c1OC. The number of hydrogen-bond acceptors (Lipinski definition) is 10. The number of methoxy groups -OCH3 is 6. The fraction of sp³-hybridized carbons (Fsp3) is 0.448. The summed E-state index contributed by atoms with van der Waals surface area (Å²) in [5.74, 6) is 2.63. The lowest BCUT2D eigenvalue weighted by Gasteiger charge is -2.12. The molecule has 0 spiro atoms. The van der Waals surface area contributed by atoms with Gasteiger partial charge < -0.3 is 28.4 Å². The van der Waals surface area contributed by atoms with E-state index in [0.717, 1.165) is 32.1 Å². The van der Waals surface area contributed by atoms with Crippen LogP contribution >= 0.6 is 0 Å². The predicted octanol–water partition coefficient (Wildman–Crippen LogP) is 4.07. The second kappa shape index (κ2) is 18.0. The zero-order valence-corrected chi connectivity index (χ0v) is 24.6. The summed E-state index contributed by atoms with van der Waals surface area (Å²) in [6.07, 6.45) is 7.91. The highest BCUT2D eigenvalue weighted by molar-refractivity contribution is 5.85. The molecule has 0 heterocycles. The molecule has 0 saturated heterocycles. The third-order valence-corrected chi connectivity index (χ3v) is 5.99. The Balaban J connectivity index is 1.63. The van der Waals surface area contributed by atoms with Gasteiger partial charge in [-0.2, -0.15) is 10.2 Å². The lowest BCUT2D eigenvalue weighted by Crippen LogP contribution is -2.17. The summed E-state index contributed by atoms with van der Waals surface area (Å²) in [6, 6.07) is 6.94. The van der Waals surface area contributed by atoms with E-state index in [1.54, 1.807) is 24.3 Å². The van der Waals surface area contributed by atoms with Crippen molar-refractivity contribution in [2.75, 3.05) is 42.7 Å². The third kappa shape index (κ3) is 10.5. The van der Waals surface area contributed by atoms with Crippen LogP contribution in [0, 0.1) is 0 Å². The number of nitrogens with zero attached hydrogens (tertiary/aromatic N) is 2. The highest BCUT2D eigenvalue weighted by atomic mass is 16.5. The van der Waals surface area contributed by atoms with Crippen LogP contribution in [0.15, 0.2) is 34.5 Å². The molecule has 0 unspecified atom stereocenters. The van der Waals surface area contributed by atoms with Gasteiger partial charge >= 0.3 is 0 Å². The summed E-state index contributed by atoms with van der Waals surface area (Å²) >= 11 is 0. The van der Waals surface area contributed by atoms with Gasteiger partial charge in [0.25, 0.3) is 0 Å². The molecule has 2 rings (SSSR count). The molecule has 2 N–H and O–H groups in total.